The molecule has 1 N–H and O–H groups in total. The molecule has 0 aliphatic carbocycles. The first-order valence-corrected chi connectivity index (χ1v) is 10.7. The van der Waals surface area contributed by atoms with Gasteiger partial charge in [0.25, 0.3) is 0 Å². The first-order chi connectivity index (χ1) is 16.6. The first-order valence-electron chi connectivity index (χ1n) is 10.7. The largest absolute Gasteiger partial charge is 0.345 e. The van der Waals surface area contributed by atoms with E-state index in [0.29, 0.717) is 11.3 Å². The minimum atomic E-state index is -0.685. The molecular weight excluding hydrogens is 434 g/mol. The number of nitrogens with one attached hydrogen (secondary N) is 1. The van der Waals surface area contributed by atoms with E-state index >= 15 is 0 Å². The van der Waals surface area contributed by atoms with Gasteiger partial charge in [-0.3, -0.25) is 9.78 Å². The topological polar surface area (TPSA) is 61.9 Å². The van der Waals surface area contributed by atoms with Crippen LogP contribution < -0.4 is 4.90 Å². The van der Waals surface area contributed by atoms with Gasteiger partial charge in [0.05, 0.1) is 31.2 Å². The summed E-state index contributed by atoms with van der Waals surface area (Å²) in [6.07, 6.45) is 6.83. The van der Waals surface area contributed by atoms with Crippen molar-refractivity contribution in [2.45, 2.75) is 13.0 Å². The van der Waals surface area contributed by atoms with Crippen LogP contribution in [-0.2, 0) is 17.8 Å². The molecule has 0 bridgehead atoms. The summed E-state index contributed by atoms with van der Waals surface area (Å²) in [5, 5.41) is 1.88. The fourth-order valence-electron chi connectivity index (χ4n) is 4.02. The molecule has 0 saturated carbocycles. The number of rotatable bonds is 6. The SMILES string of the molecule is O=C(Cc1cncc2ccccc12)N(Cc1cc(F)cc(F)c1)c1ccc(-c2cnc[nH]2)cc1. The third-order valence-electron chi connectivity index (χ3n) is 5.64. The summed E-state index contributed by atoms with van der Waals surface area (Å²) in [6.45, 7) is 0.0229. The summed E-state index contributed by atoms with van der Waals surface area (Å²) in [5.41, 5.74) is 3.51. The van der Waals surface area contributed by atoms with Crippen LogP contribution in [-0.4, -0.2) is 20.9 Å². The van der Waals surface area contributed by atoms with E-state index in [1.807, 2.05) is 48.5 Å². The van der Waals surface area contributed by atoms with Gasteiger partial charge in [0, 0.05) is 29.5 Å². The molecule has 0 radical (unpaired) electrons. The Morgan fingerprint density at radius 2 is 1.65 bits per heavy atom. The lowest BCUT2D eigenvalue weighted by molar-refractivity contribution is -0.118. The monoisotopic (exact) mass is 454 g/mol. The summed E-state index contributed by atoms with van der Waals surface area (Å²) >= 11 is 0. The number of anilines is 1. The molecule has 0 spiro atoms. The third-order valence-corrected chi connectivity index (χ3v) is 5.64. The Hall–Kier alpha value is -4.39. The number of aromatic nitrogens is 3. The summed E-state index contributed by atoms with van der Waals surface area (Å²) in [4.78, 5) is 26.4. The van der Waals surface area contributed by atoms with Gasteiger partial charge < -0.3 is 9.88 Å². The van der Waals surface area contributed by atoms with Crippen molar-refractivity contribution < 1.29 is 13.6 Å². The Morgan fingerprint density at radius 3 is 2.38 bits per heavy atom. The van der Waals surface area contributed by atoms with Gasteiger partial charge in [-0.05, 0) is 46.3 Å². The van der Waals surface area contributed by atoms with Crippen molar-refractivity contribution in [3.05, 3.63) is 114 Å². The molecular formula is C27H20F2N4O. The van der Waals surface area contributed by atoms with Crippen LogP contribution in [0.2, 0.25) is 0 Å². The van der Waals surface area contributed by atoms with E-state index in [2.05, 4.69) is 15.0 Å². The van der Waals surface area contributed by atoms with E-state index in [1.54, 1.807) is 24.9 Å². The van der Waals surface area contributed by atoms with Gasteiger partial charge in [0.2, 0.25) is 5.91 Å². The highest BCUT2D eigenvalue weighted by Crippen LogP contribution is 2.25. The number of aromatic amines is 1. The number of H-pyrrole nitrogens is 1. The maximum atomic E-state index is 13.9. The van der Waals surface area contributed by atoms with Crippen LogP contribution in [0.25, 0.3) is 22.0 Å². The highest BCUT2D eigenvalue weighted by molar-refractivity contribution is 5.97. The number of benzene rings is 3. The normalized spacial score (nSPS) is 11.0. The zero-order valence-electron chi connectivity index (χ0n) is 18.1. The molecule has 5 nitrogen and oxygen atoms in total. The molecule has 0 aliphatic heterocycles. The van der Waals surface area contributed by atoms with E-state index in [-0.39, 0.29) is 18.9 Å². The second-order valence-electron chi connectivity index (χ2n) is 7.97. The molecule has 0 fully saturated rings. The highest BCUT2D eigenvalue weighted by Gasteiger charge is 2.19. The van der Waals surface area contributed by atoms with Crippen molar-refractivity contribution in [1.29, 1.82) is 0 Å². The molecule has 0 atom stereocenters. The third kappa shape index (κ3) is 4.54. The van der Waals surface area contributed by atoms with Gasteiger partial charge in [-0.15, -0.1) is 0 Å². The Labute approximate surface area is 194 Å². The average molecular weight is 454 g/mol. The average Bonchev–Trinajstić information content (AvgIpc) is 3.37. The number of imidazole rings is 1. The van der Waals surface area contributed by atoms with Gasteiger partial charge in [0.15, 0.2) is 0 Å². The highest BCUT2D eigenvalue weighted by atomic mass is 19.1. The fraction of sp³-hybridized carbons (Fsp3) is 0.0741. The molecule has 5 aromatic rings. The van der Waals surface area contributed by atoms with Crippen LogP contribution >= 0.6 is 0 Å². The number of amides is 1. The number of halogens is 2. The number of hydrogen-bond donors (Lipinski definition) is 1. The number of fused-ring (bicyclic) bond motifs is 1. The van der Waals surface area contributed by atoms with E-state index in [4.69, 9.17) is 0 Å². The zero-order chi connectivity index (χ0) is 23.5. The number of hydrogen-bond acceptors (Lipinski definition) is 3. The van der Waals surface area contributed by atoms with Crippen molar-refractivity contribution >= 4 is 22.4 Å². The summed E-state index contributed by atoms with van der Waals surface area (Å²) in [6, 6.07) is 18.4. The van der Waals surface area contributed by atoms with Crippen LogP contribution in [0.4, 0.5) is 14.5 Å². The lowest BCUT2D eigenvalue weighted by Crippen LogP contribution is -2.32. The number of carbonyl (C=O) groups excluding carboxylic acids is 1. The molecule has 0 aliphatic rings. The molecule has 0 saturated heterocycles. The number of nitrogens with zero attached hydrogens (tertiary/aromatic N) is 3. The van der Waals surface area contributed by atoms with Crippen molar-refractivity contribution in [3.8, 4) is 11.3 Å². The predicted molar refractivity (Wildman–Crippen MR) is 127 cm³/mol. The van der Waals surface area contributed by atoms with Crippen molar-refractivity contribution in [1.82, 2.24) is 15.0 Å². The van der Waals surface area contributed by atoms with Crippen LogP contribution in [0.15, 0.2) is 91.6 Å². The fourth-order valence-corrected chi connectivity index (χ4v) is 4.02. The number of carbonyl (C=O) groups is 1. The quantitative estimate of drug-likeness (QED) is 0.359. The first kappa shape index (κ1) is 21.5. The molecule has 168 valence electrons. The van der Waals surface area contributed by atoms with E-state index in [1.165, 1.54) is 17.0 Å². The summed E-state index contributed by atoms with van der Waals surface area (Å²) in [7, 11) is 0. The Kier molecular flexibility index (Phi) is 5.82. The lowest BCUT2D eigenvalue weighted by Gasteiger charge is -2.24. The van der Waals surface area contributed by atoms with Gasteiger partial charge in [-0.25, -0.2) is 13.8 Å². The van der Waals surface area contributed by atoms with E-state index in [0.717, 1.165) is 33.7 Å². The molecule has 5 rings (SSSR count). The smallest absolute Gasteiger partial charge is 0.231 e. The molecule has 2 heterocycles. The predicted octanol–water partition coefficient (Wildman–Crippen LogP) is 5.68. The van der Waals surface area contributed by atoms with Crippen LogP contribution in [0, 0.1) is 11.6 Å². The van der Waals surface area contributed by atoms with Crippen molar-refractivity contribution in [2.24, 2.45) is 0 Å². The molecule has 0 unspecified atom stereocenters. The maximum Gasteiger partial charge on any atom is 0.231 e. The lowest BCUT2D eigenvalue weighted by atomic mass is 10.0. The van der Waals surface area contributed by atoms with Crippen LogP contribution in [0.5, 0.6) is 0 Å². The van der Waals surface area contributed by atoms with Gasteiger partial charge >= 0.3 is 0 Å². The second-order valence-corrected chi connectivity index (χ2v) is 7.97. The molecule has 1 amide bonds. The minimum absolute atomic E-state index is 0.0229. The zero-order valence-corrected chi connectivity index (χ0v) is 18.1. The molecule has 2 aromatic heterocycles. The second kappa shape index (κ2) is 9.23. The van der Waals surface area contributed by atoms with Crippen LogP contribution in [0.1, 0.15) is 11.1 Å². The van der Waals surface area contributed by atoms with E-state index in [9.17, 15) is 13.6 Å². The molecule has 7 heteroatoms. The Morgan fingerprint density at radius 1 is 0.882 bits per heavy atom. The van der Waals surface area contributed by atoms with E-state index < -0.39 is 11.6 Å². The summed E-state index contributed by atoms with van der Waals surface area (Å²) < 4.78 is 27.7. The van der Waals surface area contributed by atoms with Crippen molar-refractivity contribution in [2.75, 3.05) is 4.90 Å². The standard InChI is InChI=1S/C27H20F2N4O/c28-22-9-18(10-23(29)12-22)16-33(24-7-5-19(6-8-24)26-15-31-17-32-26)27(34)11-21-14-30-13-20-3-1-2-4-25(20)21/h1-10,12-15,17H,11,16H2,(H,31,32). The maximum absolute atomic E-state index is 13.9. The van der Waals surface area contributed by atoms with Crippen molar-refractivity contribution in [3.63, 3.8) is 0 Å². The minimum Gasteiger partial charge on any atom is -0.345 e. The van der Waals surface area contributed by atoms with Gasteiger partial charge in [-0.1, -0.05) is 36.4 Å². The number of pyridine rings is 1. The Balaban J connectivity index is 1.49. The van der Waals surface area contributed by atoms with Gasteiger partial charge in [-0.2, -0.15) is 0 Å². The molecule has 34 heavy (non-hydrogen) atoms. The molecule has 3 aromatic carbocycles. The Bertz CT molecular complexity index is 1420. The van der Waals surface area contributed by atoms with Gasteiger partial charge in [0.1, 0.15) is 11.6 Å². The summed E-state index contributed by atoms with van der Waals surface area (Å²) in [5.74, 6) is -1.58. The van der Waals surface area contributed by atoms with Crippen LogP contribution in [0.3, 0.4) is 0 Å².